The molecule has 3 N–H and O–H groups in total. The number of anilines is 2. The first-order valence-corrected chi connectivity index (χ1v) is 9.65. The highest BCUT2D eigenvalue weighted by Gasteiger charge is 2.35. The molecule has 0 aliphatic carbocycles. The Hall–Kier alpha value is -3.00. The second-order valence-corrected chi connectivity index (χ2v) is 7.77. The van der Waals surface area contributed by atoms with Gasteiger partial charge in [0.05, 0.1) is 12.1 Å². The van der Waals surface area contributed by atoms with Crippen LogP contribution in [0.15, 0.2) is 42.5 Å². The lowest BCUT2D eigenvalue weighted by molar-refractivity contribution is -0.137. The molecule has 0 aliphatic heterocycles. The highest BCUT2D eigenvalue weighted by molar-refractivity contribution is 6.54. The van der Waals surface area contributed by atoms with Crippen molar-refractivity contribution in [1.82, 2.24) is 0 Å². The summed E-state index contributed by atoms with van der Waals surface area (Å²) in [5.74, 6) is -1.40. The van der Waals surface area contributed by atoms with Crippen molar-refractivity contribution in [3.63, 3.8) is 0 Å². The number of benzene rings is 2. The lowest BCUT2D eigenvalue weighted by Gasteiger charge is -2.23. The van der Waals surface area contributed by atoms with Gasteiger partial charge in [0.2, 0.25) is 0 Å². The average Bonchev–Trinajstić information content (AvgIpc) is 2.72. The summed E-state index contributed by atoms with van der Waals surface area (Å²) in [4.78, 5) is 25.4. The molecule has 0 saturated carbocycles. The number of aliphatic hydroxyl groups is 1. The molecule has 0 fully saturated rings. The summed E-state index contributed by atoms with van der Waals surface area (Å²) in [6.45, 7) is 7.42. The van der Waals surface area contributed by atoms with Gasteiger partial charge in [-0.1, -0.05) is 29.3 Å². The highest BCUT2D eigenvalue weighted by atomic mass is 35.5. The monoisotopic (exact) mass is 489 g/mol. The van der Waals surface area contributed by atoms with Crippen LogP contribution in [0.2, 0.25) is 0 Å². The first-order chi connectivity index (χ1) is 14.8. The minimum absolute atomic E-state index is 0.241. The van der Waals surface area contributed by atoms with E-state index >= 15 is 0 Å². The van der Waals surface area contributed by atoms with Gasteiger partial charge in [0, 0.05) is 11.4 Å². The smallest absolute Gasteiger partial charge is 0.407 e. The Morgan fingerprint density at radius 3 is 2.25 bits per heavy atom. The van der Waals surface area contributed by atoms with E-state index in [-0.39, 0.29) is 11.4 Å². The van der Waals surface area contributed by atoms with E-state index in [9.17, 15) is 27.9 Å². The molecule has 2 rings (SSSR count). The first kappa shape index (κ1) is 25.3. The van der Waals surface area contributed by atoms with Crippen LogP contribution in [0.4, 0.5) is 30.2 Å². The van der Waals surface area contributed by atoms with Crippen molar-refractivity contribution >= 4 is 52.1 Å². The molecule has 2 aromatic carbocycles. The summed E-state index contributed by atoms with van der Waals surface area (Å²) in [6, 6.07) is 8.48. The van der Waals surface area contributed by atoms with E-state index in [1.165, 1.54) is 24.3 Å². The van der Waals surface area contributed by atoms with Gasteiger partial charge < -0.3 is 20.5 Å². The van der Waals surface area contributed by atoms with Gasteiger partial charge in [-0.15, -0.1) is 0 Å². The van der Waals surface area contributed by atoms with Crippen LogP contribution in [0.1, 0.15) is 12.5 Å². The number of hydrogen-bond acceptors (Lipinski definition) is 4. The van der Waals surface area contributed by atoms with Crippen LogP contribution in [0.3, 0.4) is 0 Å². The molecular formula is C20H16Cl2F3N3O4. The molecule has 170 valence electrons. The Balaban J connectivity index is 2.03. The summed E-state index contributed by atoms with van der Waals surface area (Å²) >= 11 is 10.9. The van der Waals surface area contributed by atoms with Gasteiger partial charge >= 0.3 is 6.18 Å². The summed E-state index contributed by atoms with van der Waals surface area (Å²) < 4.78 is 44.6. The van der Waals surface area contributed by atoms with Crippen LogP contribution in [-0.2, 0) is 15.8 Å². The maximum atomic E-state index is 13.1. The molecule has 2 aromatic rings. The molecule has 0 saturated heterocycles. The molecule has 2 amide bonds. The lowest BCUT2D eigenvalue weighted by Crippen LogP contribution is -2.45. The Morgan fingerprint density at radius 2 is 1.72 bits per heavy atom. The minimum Gasteiger partial charge on any atom is -0.490 e. The predicted octanol–water partition coefficient (Wildman–Crippen LogP) is 4.77. The van der Waals surface area contributed by atoms with E-state index in [2.05, 4.69) is 15.5 Å². The number of alkyl halides is 5. The molecule has 0 unspecified atom stereocenters. The molecule has 12 heteroatoms. The molecule has 0 radical (unpaired) electrons. The van der Waals surface area contributed by atoms with E-state index in [4.69, 9.17) is 34.5 Å². The zero-order valence-electron chi connectivity index (χ0n) is 16.3. The Morgan fingerprint density at radius 1 is 1.12 bits per heavy atom. The number of amides is 2. The summed E-state index contributed by atoms with van der Waals surface area (Å²) in [5, 5.41) is 15.0. The Labute approximate surface area is 190 Å². The number of nitrogens with one attached hydrogen (secondary N) is 2. The molecule has 7 nitrogen and oxygen atoms in total. The second kappa shape index (κ2) is 10.1. The third-order valence-corrected chi connectivity index (χ3v) is 4.41. The fourth-order valence-electron chi connectivity index (χ4n) is 2.32. The summed E-state index contributed by atoms with van der Waals surface area (Å²) in [5.41, 5.74) is -3.79. The van der Waals surface area contributed by atoms with Crippen molar-refractivity contribution in [1.29, 1.82) is 0 Å². The van der Waals surface area contributed by atoms with Gasteiger partial charge in [-0.3, -0.25) is 9.59 Å². The number of ether oxygens (including phenoxy) is 1. The van der Waals surface area contributed by atoms with Gasteiger partial charge in [0.15, 0.2) is 16.1 Å². The molecule has 0 aromatic heterocycles. The quantitative estimate of drug-likeness (QED) is 0.386. The summed E-state index contributed by atoms with van der Waals surface area (Å²) in [6.07, 6.45) is -4.79. The van der Waals surface area contributed by atoms with Crippen molar-refractivity contribution in [2.24, 2.45) is 0 Å². The van der Waals surface area contributed by atoms with E-state index in [0.717, 1.165) is 19.1 Å². The molecule has 1 atom stereocenters. The average molecular weight is 490 g/mol. The lowest BCUT2D eigenvalue weighted by atomic mass is 10.1. The fraction of sp³-hybridized carbons (Fsp3) is 0.250. The maximum absolute atomic E-state index is 13.1. The number of hydrogen-bond donors (Lipinski definition) is 3. The van der Waals surface area contributed by atoms with E-state index in [1.807, 2.05) is 0 Å². The van der Waals surface area contributed by atoms with Crippen molar-refractivity contribution in [2.45, 2.75) is 23.5 Å². The Kier molecular flexibility index (Phi) is 7.96. The zero-order valence-corrected chi connectivity index (χ0v) is 17.8. The van der Waals surface area contributed by atoms with Gasteiger partial charge in [-0.2, -0.15) is 13.2 Å². The molecule has 0 bridgehead atoms. The number of carbonyl (C=O) groups excluding carboxylic acids is 2. The molecule has 32 heavy (non-hydrogen) atoms. The van der Waals surface area contributed by atoms with Gasteiger partial charge in [-0.25, -0.2) is 4.85 Å². The predicted molar refractivity (Wildman–Crippen MR) is 113 cm³/mol. The molecule has 0 heterocycles. The number of nitrogens with zero attached hydrogens (tertiary/aromatic N) is 1. The van der Waals surface area contributed by atoms with Crippen molar-refractivity contribution in [3.05, 3.63) is 59.4 Å². The van der Waals surface area contributed by atoms with Crippen LogP contribution in [0.25, 0.3) is 4.85 Å². The largest absolute Gasteiger partial charge is 0.490 e. The van der Waals surface area contributed by atoms with E-state index < -0.39 is 46.3 Å². The third-order valence-electron chi connectivity index (χ3n) is 4.01. The van der Waals surface area contributed by atoms with E-state index in [1.54, 1.807) is 0 Å². The van der Waals surface area contributed by atoms with Crippen LogP contribution in [0.5, 0.6) is 5.75 Å². The van der Waals surface area contributed by atoms with Crippen LogP contribution in [-0.4, -0.2) is 34.0 Å². The molecule has 0 aliphatic rings. The van der Waals surface area contributed by atoms with Crippen molar-refractivity contribution < 1.29 is 32.6 Å². The van der Waals surface area contributed by atoms with Crippen LogP contribution < -0.4 is 15.4 Å². The highest BCUT2D eigenvalue weighted by Crippen LogP contribution is 2.38. The molecule has 0 spiro atoms. The second-order valence-electron chi connectivity index (χ2n) is 6.67. The van der Waals surface area contributed by atoms with Gasteiger partial charge in [0.1, 0.15) is 12.4 Å². The standard InChI is InChI=1S/C20H16Cl2F3N3O4/c1-19(31,10-32-13-6-3-11(4-7-13)27-17(29)16(21)22)18(30)28-12-5-8-15(26-2)14(9-12)20(23,24)25/h3-9,16,31H,10H2,1H3,(H,27,29)(H,28,30)/t19-/m0/s1. The molecular weight excluding hydrogens is 474 g/mol. The minimum atomic E-state index is -4.79. The van der Waals surface area contributed by atoms with Crippen molar-refractivity contribution in [3.8, 4) is 5.75 Å². The van der Waals surface area contributed by atoms with Crippen LogP contribution >= 0.6 is 23.2 Å². The topological polar surface area (TPSA) is 92.0 Å². The number of rotatable bonds is 7. The van der Waals surface area contributed by atoms with Crippen molar-refractivity contribution in [2.75, 3.05) is 17.2 Å². The summed E-state index contributed by atoms with van der Waals surface area (Å²) in [7, 11) is 0. The van der Waals surface area contributed by atoms with Gasteiger partial charge in [0.25, 0.3) is 11.8 Å². The van der Waals surface area contributed by atoms with E-state index in [0.29, 0.717) is 11.8 Å². The maximum Gasteiger partial charge on any atom is 0.407 e. The van der Waals surface area contributed by atoms with Crippen LogP contribution in [0, 0.1) is 6.57 Å². The SMILES string of the molecule is [C-]#[N+]c1ccc(NC(=O)[C@@](C)(O)COc2ccc(NC(=O)C(Cl)Cl)cc2)cc1C(F)(F)F. The number of halogens is 5. The third kappa shape index (κ3) is 6.75. The fourth-order valence-corrected chi connectivity index (χ4v) is 2.43. The Bertz CT molecular complexity index is 1040. The normalized spacial score (nSPS) is 13.1. The number of carbonyl (C=O) groups is 2. The van der Waals surface area contributed by atoms with Gasteiger partial charge in [-0.05, 0) is 43.3 Å². The first-order valence-electron chi connectivity index (χ1n) is 8.78. The zero-order chi connectivity index (χ0) is 24.1.